The molecule has 0 amide bonds. The highest BCUT2D eigenvalue weighted by Gasteiger charge is 2.50. The molecule has 2 rings (SSSR count). The van der Waals surface area contributed by atoms with Crippen molar-refractivity contribution in [1.82, 2.24) is 0 Å². The fourth-order valence-electron chi connectivity index (χ4n) is 3.71. The molecule has 4 nitrogen and oxygen atoms in total. The molecule has 1 fully saturated rings. The van der Waals surface area contributed by atoms with Crippen LogP contribution in [-0.2, 0) is 9.59 Å². The summed E-state index contributed by atoms with van der Waals surface area (Å²) in [5.74, 6) is -2.24. The molecular weight excluding hydrogens is 244 g/mol. The first-order valence-electron chi connectivity index (χ1n) is 6.68. The van der Waals surface area contributed by atoms with Gasteiger partial charge in [-0.2, -0.15) is 0 Å². The third-order valence-corrected chi connectivity index (χ3v) is 5.07. The molecule has 2 N–H and O–H groups in total. The fourth-order valence-corrected chi connectivity index (χ4v) is 3.71. The van der Waals surface area contributed by atoms with E-state index in [0.717, 1.165) is 24.8 Å². The first-order valence-corrected chi connectivity index (χ1v) is 6.68. The second-order valence-corrected chi connectivity index (χ2v) is 6.00. The Morgan fingerprint density at radius 2 is 2.00 bits per heavy atom. The van der Waals surface area contributed by atoms with Gasteiger partial charge in [0.1, 0.15) is 0 Å². The number of rotatable bonds is 3. The van der Waals surface area contributed by atoms with Crippen LogP contribution in [0.2, 0.25) is 0 Å². The number of allylic oxidation sites excluding steroid dienone is 1. The second kappa shape index (κ2) is 4.51. The number of fused-ring (bicyclic) bond motifs is 1. The number of hydrogen-bond donors (Lipinski definition) is 2. The van der Waals surface area contributed by atoms with E-state index in [9.17, 15) is 14.7 Å². The molecule has 0 aliphatic heterocycles. The lowest BCUT2D eigenvalue weighted by Gasteiger charge is -2.39. The highest BCUT2D eigenvalue weighted by molar-refractivity contribution is 5.95. The third kappa shape index (κ3) is 1.99. The molecule has 0 heterocycles. The van der Waals surface area contributed by atoms with Gasteiger partial charge in [-0.05, 0) is 37.0 Å². The number of carboxylic acid groups (broad SMARTS) is 2. The lowest BCUT2D eigenvalue weighted by atomic mass is 9.65. The zero-order chi connectivity index (χ0) is 14.4. The van der Waals surface area contributed by atoms with Gasteiger partial charge in [0.2, 0.25) is 0 Å². The molecule has 0 saturated heterocycles. The van der Waals surface area contributed by atoms with E-state index >= 15 is 0 Å². The summed E-state index contributed by atoms with van der Waals surface area (Å²) in [6, 6.07) is 0. The largest absolute Gasteiger partial charge is 0.478 e. The highest BCUT2D eigenvalue weighted by atomic mass is 16.4. The van der Waals surface area contributed by atoms with E-state index in [0.29, 0.717) is 17.9 Å². The van der Waals surface area contributed by atoms with Crippen molar-refractivity contribution in [2.45, 2.75) is 39.5 Å². The molecule has 0 unspecified atom stereocenters. The molecule has 3 atom stereocenters. The Morgan fingerprint density at radius 1 is 1.37 bits per heavy atom. The Hall–Kier alpha value is -1.58. The number of carboxylic acids is 2. The summed E-state index contributed by atoms with van der Waals surface area (Å²) in [5, 5.41) is 18.6. The van der Waals surface area contributed by atoms with Gasteiger partial charge in [0.15, 0.2) is 0 Å². The summed E-state index contributed by atoms with van der Waals surface area (Å²) in [6.07, 6.45) is 3.39. The van der Waals surface area contributed by atoms with Gasteiger partial charge >= 0.3 is 11.9 Å². The maximum atomic E-state index is 11.6. The molecule has 2 aliphatic carbocycles. The van der Waals surface area contributed by atoms with Crippen molar-refractivity contribution in [3.05, 3.63) is 23.3 Å². The Morgan fingerprint density at radius 3 is 2.53 bits per heavy atom. The topological polar surface area (TPSA) is 74.6 Å². The van der Waals surface area contributed by atoms with Crippen LogP contribution >= 0.6 is 0 Å². The van der Waals surface area contributed by atoms with Crippen molar-refractivity contribution >= 4 is 11.9 Å². The van der Waals surface area contributed by atoms with Crippen LogP contribution in [0.25, 0.3) is 0 Å². The lowest BCUT2D eigenvalue weighted by Crippen LogP contribution is -2.29. The monoisotopic (exact) mass is 264 g/mol. The van der Waals surface area contributed by atoms with Gasteiger partial charge < -0.3 is 10.2 Å². The predicted molar refractivity (Wildman–Crippen MR) is 70.7 cm³/mol. The minimum absolute atomic E-state index is 0.00715. The van der Waals surface area contributed by atoms with Crippen molar-refractivity contribution < 1.29 is 19.8 Å². The summed E-state index contributed by atoms with van der Waals surface area (Å²) >= 11 is 0. The number of aliphatic carboxylic acids is 2. The molecule has 0 aromatic rings. The average molecular weight is 264 g/mol. The van der Waals surface area contributed by atoms with Crippen molar-refractivity contribution in [2.24, 2.45) is 17.3 Å². The van der Waals surface area contributed by atoms with Gasteiger partial charge in [-0.3, -0.25) is 0 Å². The lowest BCUT2D eigenvalue weighted by molar-refractivity contribution is -0.133. The van der Waals surface area contributed by atoms with E-state index in [1.165, 1.54) is 0 Å². The van der Waals surface area contributed by atoms with E-state index < -0.39 is 17.9 Å². The van der Waals surface area contributed by atoms with E-state index in [-0.39, 0.29) is 11.0 Å². The fraction of sp³-hybridized carbons (Fsp3) is 0.600. The summed E-state index contributed by atoms with van der Waals surface area (Å²) in [4.78, 5) is 22.7. The summed E-state index contributed by atoms with van der Waals surface area (Å²) in [6.45, 7) is 7.79. The Labute approximate surface area is 112 Å². The normalized spacial score (nSPS) is 34.0. The van der Waals surface area contributed by atoms with Crippen LogP contribution in [0.5, 0.6) is 0 Å². The van der Waals surface area contributed by atoms with Crippen molar-refractivity contribution in [3.8, 4) is 0 Å². The van der Waals surface area contributed by atoms with Crippen LogP contribution in [0.4, 0.5) is 0 Å². The zero-order valence-electron chi connectivity index (χ0n) is 11.4. The van der Waals surface area contributed by atoms with Crippen molar-refractivity contribution in [3.63, 3.8) is 0 Å². The highest BCUT2D eigenvalue weighted by Crippen LogP contribution is 2.57. The molecule has 104 valence electrons. The van der Waals surface area contributed by atoms with Crippen LogP contribution in [-0.4, -0.2) is 22.2 Å². The van der Waals surface area contributed by atoms with E-state index in [1.54, 1.807) is 0 Å². The van der Waals surface area contributed by atoms with E-state index in [2.05, 4.69) is 20.4 Å². The number of carbonyl (C=O) groups is 2. The Bertz CT molecular complexity index is 488. The SMILES string of the molecule is C=C(C(=O)O)[C@H]1C[C@@]2(C)C(=C1C(=O)O)CCC[C@@H]2C. The van der Waals surface area contributed by atoms with Gasteiger partial charge in [-0.25, -0.2) is 9.59 Å². The maximum Gasteiger partial charge on any atom is 0.332 e. The quantitative estimate of drug-likeness (QED) is 0.769. The molecule has 0 spiro atoms. The van der Waals surface area contributed by atoms with Crippen molar-refractivity contribution in [1.29, 1.82) is 0 Å². The average Bonchev–Trinajstić information content (AvgIpc) is 2.63. The van der Waals surface area contributed by atoms with Crippen LogP contribution in [0.15, 0.2) is 23.3 Å². The van der Waals surface area contributed by atoms with Gasteiger partial charge in [0, 0.05) is 17.1 Å². The summed E-state index contributed by atoms with van der Waals surface area (Å²) in [5.41, 5.74) is 1.06. The third-order valence-electron chi connectivity index (χ3n) is 5.07. The van der Waals surface area contributed by atoms with Gasteiger partial charge in [-0.1, -0.05) is 26.0 Å². The van der Waals surface area contributed by atoms with Gasteiger partial charge in [0.05, 0.1) is 0 Å². The summed E-state index contributed by atoms with van der Waals surface area (Å²) in [7, 11) is 0. The zero-order valence-corrected chi connectivity index (χ0v) is 11.4. The summed E-state index contributed by atoms with van der Waals surface area (Å²) < 4.78 is 0. The molecule has 2 aliphatic rings. The first-order chi connectivity index (χ1) is 8.79. The maximum absolute atomic E-state index is 11.6. The molecule has 0 aromatic carbocycles. The van der Waals surface area contributed by atoms with Crippen LogP contribution in [0.1, 0.15) is 39.5 Å². The molecule has 4 heteroatoms. The smallest absolute Gasteiger partial charge is 0.332 e. The molecular formula is C15H20O4. The minimum atomic E-state index is -1.10. The van der Waals surface area contributed by atoms with Gasteiger partial charge in [-0.15, -0.1) is 0 Å². The van der Waals surface area contributed by atoms with E-state index in [4.69, 9.17) is 5.11 Å². The van der Waals surface area contributed by atoms with E-state index in [1.807, 2.05) is 0 Å². The first kappa shape index (κ1) is 13.8. The minimum Gasteiger partial charge on any atom is -0.478 e. The predicted octanol–water partition coefficient (Wildman–Crippen LogP) is 2.85. The Kier molecular flexibility index (Phi) is 3.29. The number of hydrogen-bond acceptors (Lipinski definition) is 2. The molecule has 1 saturated carbocycles. The molecule has 0 radical (unpaired) electrons. The van der Waals surface area contributed by atoms with Gasteiger partial charge in [0.25, 0.3) is 0 Å². The standard InChI is InChI=1S/C15H20O4/c1-8-5-4-6-11-12(14(18)19)10(7-15(8,11)3)9(2)13(16)17/h8,10H,2,4-7H2,1,3H3,(H,16,17)(H,18,19)/t8-,10+,15+/m0/s1. The van der Waals surface area contributed by atoms with Crippen molar-refractivity contribution in [2.75, 3.05) is 0 Å². The molecule has 0 aromatic heterocycles. The second-order valence-electron chi connectivity index (χ2n) is 6.00. The molecule has 0 bridgehead atoms. The van der Waals surface area contributed by atoms with Crippen LogP contribution in [0, 0.1) is 17.3 Å². The van der Waals surface area contributed by atoms with Crippen LogP contribution < -0.4 is 0 Å². The van der Waals surface area contributed by atoms with Crippen LogP contribution in [0.3, 0.4) is 0 Å². The molecule has 19 heavy (non-hydrogen) atoms. The Balaban J connectivity index is 2.51.